The maximum absolute atomic E-state index is 12.5. The van der Waals surface area contributed by atoms with Crippen molar-refractivity contribution in [3.05, 3.63) is 95.3 Å². The molecule has 4 rings (SSSR count). The number of aromatic nitrogens is 3. The van der Waals surface area contributed by atoms with Gasteiger partial charge < -0.3 is 15.4 Å². The first kappa shape index (κ1) is 25.3. The third-order valence-electron chi connectivity index (χ3n) is 4.98. The number of benzene rings is 3. The van der Waals surface area contributed by atoms with Gasteiger partial charge in [-0.05, 0) is 61.0 Å². The highest BCUT2D eigenvalue weighted by Crippen LogP contribution is 2.22. The summed E-state index contributed by atoms with van der Waals surface area (Å²) in [6.45, 7) is 1.96. The normalized spacial score (nSPS) is 10.6. The number of carbonyl (C=O) groups is 2. The second kappa shape index (κ2) is 12.2. The Labute approximate surface area is 218 Å². The largest absolute Gasteiger partial charge is 0.484 e. The summed E-state index contributed by atoms with van der Waals surface area (Å²) in [6, 6.07) is 23.9. The van der Waals surface area contributed by atoms with E-state index in [1.54, 1.807) is 24.3 Å². The van der Waals surface area contributed by atoms with Gasteiger partial charge in [0.05, 0.1) is 12.3 Å². The van der Waals surface area contributed by atoms with E-state index in [2.05, 4.69) is 20.8 Å². The zero-order valence-corrected chi connectivity index (χ0v) is 21.1. The fourth-order valence-electron chi connectivity index (χ4n) is 3.30. The SMILES string of the molecule is Cc1cccc(NC(=O)CSc2nnc(CNC(=O)COc3ccc(Cl)cc3)n2-c2ccccc2)c1. The van der Waals surface area contributed by atoms with Gasteiger partial charge >= 0.3 is 0 Å². The number of nitrogens with zero attached hydrogens (tertiary/aromatic N) is 3. The highest BCUT2D eigenvalue weighted by Gasteiger charge is 2.17. The highest BCUT2D eigenvalue weighted by molar-refractivity contribution is 7.99. The first-order valence-electron chi connectivity index (χ1n) is 11.1. The van der Waals surface area contributed by atoms with Gasteiger partial charge in [0.2, 0.25) is 5.91 Å². The van der Waals surface area contributed by atoms with Crippen LogP contribution in [0.2, 0.25) is 5.02 Å². The molecule has 0 aliphatic heterocycles. The molecular weight excluding hydrogens is 498 g/mol. The van der Waals surface area contributed by atoms with Crippen LogP contribution in [0.15, 0.2) is 84.0 Å². The molecule has 0 aliphatic carbocycles. The summed E-state index contributed by atoms with van der Waals surface area (Å²) >= 11 is 7.13. The van der Waals surface area contributed by atoms with Crippen molar-refractivity contribution in [2.75, 3.05) is 17.7 Å². The smallest absolute Gasteiger partial charge is 0.258 e. The Bertz CT molecular complexity index is 1330. The van der Waals surface area contributed by atoms with E-state index in [9.17, 15) is 9.59 Å². The lowest BCUT2D eigenvalue weighted by atomic mass is 10.2. The number of amides is 2. The van der Waals surface area contributed by atoms with Crippen LogP contribution in [-0.4, -0.2) is 38.9 Å². The fourth-order valence-corrected chi connectivity index (χ4v) is 4.20. The first-order valence-corrected chi connectivity index (χ1v) is 12.5. The number of carbonyl (C=O) groups excluding carboxylic acids is 2. The van der Waals surface area contributed by atoms with E-state index >= 15 is 0 Å². The lowest BCUT2D eigenvalue weighted by Crippen LogP contribution is -2.29. The van der Waals surface area contributed by atoms with E-state index in [-0.39, 0.29) is 30.7 Å². The number of anilines is 1. The van der Waals surface area contributed by atoms with Crippen molar-refractivity contribution in [1.29, 1.82) is 0 Å². The third kappa shape index (κ3) is 7.10. The molecule has 0 unspecified atom stereocenters. The summed E-state index contributed by atoms with van der Waals surface area (Å²) in [6.07, 6.45) is 0. The molecule has 4 aromatic rings. The van der Waals surface area contributed by atoms with Gasteiger partial charge in [-0.1, -0.05) is 53.7 Å². The summed E-state index contributed by atoms with van der Waals surface area (Å²) in [5, 5.41) is 15.4. The molecule has 8 nitrogen and oxygen atoms in total. The van der Waals surface area contributed by atoms with Gasteiger partial charge in [0, 0.05) is 16.4 Å². The highest BCUT2D eigenvalue weighted by atomic mass is 35.5. The Morgan fingerprint density at radius 1 is 0.972 bits per heavy atom. The van der Waals surface area contributed by atoms with Crippen molar-refractivity contribution in [1.82, 2.24) is 20.1 Å². The number of para-hydroxylation sites is 1. The molecule has 0 aliphatic rings. The standard InChI is InChI=1S/C26H24ClN5O3S/c1-18-6-5-7-20(14-18)29-25(34)17-36-26-31-30-23(32(26)21-8-3-2-4-9-21)15-28-24(33)16-35-22-12-10-19(27)11-13-22/h2-14H,15-17H2,1H3,(H,28,33)(H,29,34). The molecule has 3 aromatic carbocycles. The number of thioether (sulfide) groups is 1. The third-order valence-corrected chi connectivity index (χ3v) is 6.16. The number of nitrogens with one attached hydrogen (secondary N) is 2. The molecule has 0 bridgehead atoms. The second-order valence-corrected chi connectivity index (χ2v) is 9.17. The van der Waals surface area contributed by atoms with Gasteiger partial charge in [-0.15, -0.1) is 10.2 Å². The minimum Gasteiger partial charge on any atom is -0.484 e. The van der Waals surface area contributed by atoms with Gasteiger partial charge in [-0.25, -0.2) is 0 Å². The Morgan fingerprint density at radius 3 is 2.50 bits per heavy atom. The minimum absolute atomic E-state index is 0.140. The van der Waals surface area contributed by atoms with Crippen LogP contribution in [0.25, 0.3) is 5.69 Å². The molecule has 0 saturated carbocycles. The molecule has 0 radical (unpaired) electrons. The summed E-state index contributed by atoms with van der Waals surface area (Å²) in [7, 11) is 0. The summed E-state index contributed by atoms with van der Waals surface area (Å²) in [5.41, 5.74) is 2.63. The molecule has 0 spiro atoms. The quantitative estimate of drug-likeness (QED) is 0.295. The van der Waals surface area contributed by atoms with Crippen molar-refractivity contribution in [2.24, 2.45) is 0 Å². The lowest BCUT2D eigenvalue weighted by Gasteiger charge is -2.11. The lowest BCUT2D eigenvalue weighted by molar-refractivity contribution is -0.123. The Balaban J connectivity index is 1.39. The van der Waals surface area contributed by atoms with Crippen LogP contribution in [0.1, 0.15) is 11.4 Å². The molecule has 2 N–H and O–H groups in total. The van der Waals surface area contributed by atoms with E-state index in [0.29, 0.717) is 21.8 Å². The van der Waals surface area contributed by atoms with Gasteiger partial charge in [0.1, 0.15) is 5.75 Å². The van der Waals surface area contributed by atoms with Gasteiger partial charge in [0.25, 0.3) is 5.91 Å². The predicted molar refractivity (Wildman–Crippen MR) is 141 cm³/mol. The van der Waals surface area contributed by atoms with Crippen LogP contribution >= 0.6 is 23.4 Å². The minimum atomic E-state index is -0.306. The average Bonchev–Trinajstić information content (AvgIpc) is 3.29. The van der Waals surface area contributed by atoms with Crippen LogP contribution in [0.3, 0.4) is 0 Å². The molecule has 0 atom stereocenters. The van der Waals surface area contributed by atoms with E-state index < -0.39 is 0 Å². The monoisotopic (exact) mass is 521 g/mol. The molecule has 184 valence electrons. The second-order valence-electron chi connectivity index (χ2n) is 7.80. The maximum Gasteiger partial charge on any atom is 0.258 e. The average molecular weight is 522 g/mol. The Hall–Kier alpha value is -3.82. The van der Waals surface area contributed by atoms with Gasteiger partial charge in [0.15, 0.2) is 17.6 Å². The van der Waals surface area contributed by atoms with Crippen molar-refractivity contribution in [2.45, 2.75) is 18.6 Å². The Kier molecular flexibility index (Phi) is 8.59. The molecule has 0 saturated heterocycles. The molecule has 0 fully saturated rings. The summed E-state index contributed by atoms with van der Waals surface area (Å²) in [5.74, 6) is 0.772. The fraction of sp³-hybridized carbons (Fsp3) is 0.154. The number of halogens is 1. The Morgan fingerprint density at radius 2 is 1.75 bits per heavy atom. The summed E-state index contributed by atoms with van der Waals surface area (Å²) in [4.78, 5) is 24.9. The van der Waals surface area contributed by atoms with E-state index in [0.717, 1.165) is 16.9 Å². The summed E-state index contributed by atoms with van der Waals surface area (Å²) < 4.78 is 7.31. The molecular formula is C26H24ClN5O3S. The molecule has 1 heterocycles. The van der Waals surface area contributed by atoms with Gasteiger partial charge in [-0.2, -0.15) is 0 Å². The zero-order valence-electron chi connectivity index (χ0n) is 19.5. The molecule has 2 amide bonds. The number of ether oxygens (including phenoxy) is 1. The van der Waals surface area contributed by atoms with Crippen LogP contribution in [0.4, 0.5) is 5.69 Å². The predicted octanol–water partition coefficient (Wildman–Crippen LogP) is 4.66. The number of rotatable bonds is 10. The molecule has 1 aromatic heterocycles. The van der Waals surface area contributed by atoms with Crippen molar-refractivity contribution in [3.63, 3.8) is 0 Å². The number of hydrogen-bond acceptors (Lipinski definition) is 6. The zero-order chi connectivity index (χ0) is 25.3. The van der Waals surface area contributed by atoms with E-state index in [4.69, 9.17) is 16.3 Å². The first-order chi connectivity index (χ1) is 17.5. The number of hydrogen-bond donors (Lipinski definition) is 2. The molecule has 36 heavy (non-hydrogen) atoms. The van der Waals surface area contributed by atoms with E-state index in [1.807, 2.05) is 66.1 Å². The number of aryl methyl sites for hydroxylation is 1. The van der Waals surface area contributed by atoms with Crippen molar-refractivity contribution >= 4 is 40.9 Å². The topological polar surface area (TPSA) is 98.1 Å². The van der Waals surface area contributed by atoms with Crippen molar-refractivity contribution in [3.8, 4) is 11.4 Å². The van der Waals surface area contributed by atoms with Crippen LogP contribution < -0.4 is 15.4 Å². The van der Waals surface area contributed by atoms with E-state index in [1.165, 1.54) is 11.8 Å². The van der Waals surface area contributed by atoms with Crippen molar-refractivity contribution < 1.29 is 14.3 Å². The van der Waals surface area contributed by atoms with Crippen LogP contribution in [0, 0.1) is 6.92 Å². The van der Waals surface area contributed by atoms with Crippen LogP contribution in [-0.2, 0) is 16.1 Å². The van der Waals surface area contributed by atoms with Crippen LogP contribution in [0.5, 0.6) is 5.75 Å². The maximum atomic E-state index is 12.5. The van der Waals surface area contributed by atoms with Gasteiger partial charge in [-0.3, -0.25) is 14.2 Å². The molecule has 10 heteroatoms.